The first-order valence-corrected chi connectivity index (χ1v) is 8.14. The van der Waals surface area contributed by atoms with E-state index in [0.29, 0.717) is 12.2 Å². The molecule has 0 radical (unpaired) electrons. The second-order valence-electron chi connectivity index (χ2n) is 5.87. The molecule has 26 heavy (non-hydrogen) atoms. The third kappa shape index (κ3) is 3.36. The number of para-hydroxylation sites is 2. The summed E-state index contributed by atoms with van der Waals surface area (Å²) in [4.78, 5) is 12.5. The Balaban J connectivity index is 1.98. The van der Waals surface area contributed by atoms with Gasteiger partial charge in [0.25, 0.3) is 5.91 Å². The fourth-order valence-electron chi connectivity index (χ4n) is 2.83. The van der Waals surface area contributed by atoms with Crippen LogP contribution in [0.4, 0.5) is 5.69 Å². The minimum absolute atomic E-state index is 0.0388. The molecular formula is C22H17N3O. The predicted molar refractivity (Wildman–Crippen MR) is 104 cm³/mol. The number of amides is 1. The van der Waals surface area contributed by atoms with E-state index < -0.39 is 5.91 Å². The number of hydrogen-bond acceptors (Lipinski definition) is 2. The maximum atomic E-state index is 12.5. The number of aryl methyl sites for hydroxylation is 1. The van der Waals surface area contributed by atoms with Gasteiger partial charge in [-0.3, -0.25) is 4.79 Å². The first kappa shape index (κ1) is 17.1. The van der Waals surface area contributed by atoms with Crippen LogP contribution >= 0.6 is 0 Å². The molecule has 126 valence electrons. The summed E-state index contributed by atoms with van der Waals surface area (Å²) in [6, 6.07) is 17.2. The van der Waals surface area contributed by atoms with Crippen molar-refractivity contribution in [3.05, 3.63) is 71.4 Å². The predicted octanol–water partition coefficient (Wildman–Crippen LogP) is 4.13. The van der Waals surface area contributed by atoms with E-state index >= 15 is 0 Å². The van der Waals surface area contributed by atoms with E-state index in [-0.39, 0.29) is 5.57 Å². The summed E-state index contributed by atoms with van der Waals surface area (Å²) in [7, 11) is 0. The van der Waals surface area contributed by atoms with Crippen molar-refractivity contribution in [2.45, 2.75) is 13.5 Å². The zero-order valence-electron chi connectivity index (χ0n) is 14.4. The lowest BCUT2D eigenvalue weighted by atomic mass is 10.1. The molecule has 0 aliphatic heterocycles. The van der Waals surface area contributed by atoms with Gasteiger partial charge in [-0.25, -0.2) is 0 Å². The van der Waals surface area contributed by atoms with Crippen LogP contribution < -0.4 is 5.32 Å². The van der Waals surface area contributed by atoms with E-state index in [1.807, 2.05) is 66.2 Å². The summed E-state index contributed by atoms with van der Waals surface area (Å²) in [6.45, 7) is 2.32. The summed E-state index contributed by atoms with van der Waals surface area (Å²) in [6.07, 6.45) is 8.90. The molecule has 1 aromatic heterocycles. The van der Waals surface area contributed by atoms with Gasteiger partial charge in [0.05, 0.1) is 6.54 Å². The Morgan fingerprint density at radius 2 is 1.96 bits per heavy atom. The van der Waals surface area contributed by atoms with Crippen LogP contribution in [0.25, 0.3) is 17.0 Å². The minimum Gasteiger partial charge on any atom is -0.335 e. The lowest BCUT2D eigenvalue weighted by Gasteiger charge is -2.07. The molecule has 3 aromatic rings. The number of anilines is 1. The van der Waals surface area contributed by atoms with Crippen molar-refractivity contribution in [3.8, 4) is 18.4 Å². The molecule has 4 heteroatoms. The van der Waals surface area contributed by atoms with Crippen LogP contribution in [-0.4, -0.2) is 10.5 Å². The Bertz CT molecular complexity index is 1090. The summed E-state index contributed by atoms with van der Waals surface area (Å²) in [5, 5.41) is 13.2. The monoisotopic (exact) mass is 339 g/mol. The van der Waals surface area contributed by atoms with Gasteiger partial charge in [-0.15, -0.1) is 6.42 Å². The quantitative estimate of drug-likeness (QED) is 0.441. The van der Waals surface area contributed by atoms with Crippen molar-refractivity contribution in [2.75, 3.05) is 5.32 Å². The second-order valence-corrected chi connectivity index (χ2v) is 5.87. The molecule has 0 bridgehead atoms. The van der Waals surface area contributed by atoms with Crippen molar-refractivity contribution < 1.29 is 4.79 Å². The van der Waals surface area contributed by atoms with E-state index in [9.17, 15) is 10.1 Å². The molecule has 0 atom stereocenters. The van der Waals surface area contributed by atoms with E-state index in [1.165, 1.54) is 0 Å². The molecule has 0 aliphatic carbocycles. The van der Waals surface area contributed by atoms with Gasteiger partial charge >= 0.3 is 0 Å². The SMILES string of the molecule is C#CCn1cc(/C=C(/C#N)C(=O)Nc2ccccc2C)c2ccccc21. The number of aromatic nitrogens is 1. The van der Waals surface area contributed by atoms with E-state index in [1.54, 1.807) is 12.1 Å². The van der Waals surface area contributed by atoms with Gasteiger partial charge < -0.3 is 9.88 Å². The lowest BCUT2D eigenvalue weighted by molar-refractivity contribution is -0.112. The molecule has 4 nitrogen and oxygen atoms in total. The maximum Gasteiger partial charge on any atom is 0.266 e. The topological polar surface area (TPSA) is 57.8 Å². The molecule has 0 saturated carbocycles. The maximum absolute atomic E-state index is 12.5. The normalized spacial score (nSPS) is 11.0. The Morgan fingerprint density at radius 3 is 2.69 bits per heavy atom. The Labute approximate surface area is 152 Å². The number of hydrogen-bond donors (Lipinski definition) is 1. The van der Waals surface area contributed by atoms with Crippen LogP contribution in [0.5, 0.6) is 0 Å². The first-order valence-electron chi connectivity index (χ1n) is 8.14. The molecule has 0 saturated heterocycles. The van der Waals surface area contributed by atoms with Crippen molar-refractivity contribution in [1.82, 2.24) is 4.57 Å². The van der Waals surface area contributed by atoms with Crippen molar-refractivity contribution in [3.63, 3.8) is 0 Å². The average Bonchev–Trinajstić information content (AvgIpc) is 2.99. The smallest absolute Gasteiger partial charge is 0.266 e. The zero-order valence-corrected chi connectivity index (χ0v) is 14.4. The molecular weight excluding hydrogens is 322 g/mol. The van der Waals surface area contributed by atoms with Crippen LogP contribution in [-0.2, 0) is 11.3 Å². The van der Waals surface area contributed by atoms with Gasteiger partial charge in [-0.05, 0) is 30.7 Å². The van der Waals surface area contributed by atoms with Crippen LogP contribution in [0.2, 0.25) is 0 Å². The van der Waals surface area contributed by atoms with Crippen molar-refractivity contribution >= 4 is 28.6 Å². The van der Waals surface area contributed by atoms with Crippen LogP contribution in [0.3, 0.4) is 0 Å². The van der Waals surface area contributed by atoms with Crippen molar-refractivity contribution in [2.24, 2.45) is 0 Å². The summed E-state index contributed by atoms with van der Waals surface area (Å²) < 4.78 is 1.93. The zero-order chi connectivity index (χ0) is 18.5. The molecule has 0 unspecified atom stereocenters. The number of fused-ring (bicyclic) bond motifs is 1. The highest BCUT2D eigenvalue weighted by Crippen LogP contribution is 2.24. The minimum atomic E-state index is -0.435. The second kappa shape index (κ2) is 7.42. The van der Waals surface area contributed by atoms with Gasteiger partial charge in [0, 0.05) is 28.4 Å². The number of rotatable bonds is 4. The summed E-state index contributed by atoms with van der Waals surface area (Å²) in [5.41, 5.74) is 3.41. The summed E-state index contributed by atoms with van der Waals surface area (Å²) in [5.74, 6) is 2.18. The largest absolute Gasteiger partial charge is 0.335 e. The number of benzene rings is 2. The van der Waals surface area contributed by atoms with E-state index in [2.05, 4.69) is 11.2 Å². The lowest BCUT2D eigenvalue weighted by Crippen LogP contribution is -2.14. The fraction of sp³-hybridized carbons (Fsp3) is 0.0909. The van der Waals surface area contributed by atoms with Crippen LogP contribution in [0.1, 0.15) is 11.1 Å². The number of nitrogens with zero attached hydrogens (tertiary/aromatic N) is 2. The number of nitriles is 1. The van der Waals surface area contributed by atoms with Gasteiger partial charge in [-0.1, -0.05) is 42.3 Å². The van der Waals surface area contributed by atoms with Gasteiger partial charge in [0.15, 0.2) is 0 Å². The fourth-order valence-corrected chi connectivity index (χ4v) is 2.83. The van der Waals surface area contributed by atoms with Gasteiger partial charge in [0.1, 0.15) is 11.6 Å². The molecule has 0 aliphatic rings. The number of carbonyl (C=O) groups is 1. The third-order valence-corrected chi connectivity index (χ3v) is 4.14. The highest BCUT2D eigenvalue weighted by molar-refractivity contribution is 6.11. The Hall–Kier alpha value is -3.76. The molecule has 0 spiro atoms. The van der Waals surface area contributed by atoms with Gasteiger partial charge in [0.2, 0.25) is 0 Å². The van der Waals surface area contributed by atoms with Gasteiger partial charge in [-0.2, -0.15) is 5.26 Å². The molecule has 1 N–H and O–H groups in total. The Kier molecular flexibility index (Phi) is 4.87. The Morgan fingerprint density at radius 1 is 1.23 bits per heavy atom. The molecule has 0 fully saturated rings. The van der Waals surface area contributed by atoms with Crippen molar-refractivity contribution in [1.29, 1.82) is 5.26 Å². The standard InChI is InChI=1S/C22H17N3O/c1-3-12-25-15-18(19-9-5-7-11-21(19)25)13-17(14-23)22(26)24-20-10-6-4-8-16(20)2/h1,4-11,13,15H,12H2,2H3,(H,24,26)/b17-13-. The molecule has 1 amide bonds. The molecule has 3 rings (SSSR count). The third-order valence-electron chi connectivity index (χ3n) is 4.14. The number of nitrogens with one attached hydrogen (secondary N) is 1. The first-order chi connectivity index (χ1) is 12.6. The number of terminal acetylenes is 1. The van der Waals surface area contributed by atoms with E-state index in [4.69, 9.17) is 6.42 Å². The van der Waals surface area contributed by atoms with Crippen LogP contribution in [0.15, 0.2) is 60.3 Å². The number of carbonyl (C=O) groups excluding carboxylic acids is 1. The highest BCUT2D eigenvalue weighted by Gasteiger charge is 2.13. The molecule has 1 heterocycles. The van der Waals surface area contributed by atoms with Crippen LogP contribution in [0, 0.1) is 30.6 Å². The summed E-state index contributed by atoms with van der Waals surface area (Å²) >= 11 is 0. The van der Waals surface area contributed by atoms with E-state index in [0.717, 1.165) is 22.0 Å². The molecule has 2 aromatic carbocycles. The average molecular weight is 339 g/mol. The highest BCUT2D eigenvalue weighted by atomic mass is 16.1.